The van der Waals surface area contributed by atoms with Crippen LogP contribution >= 0.6 is 0 Å². The van der Waals surface area contributed by atoms with Crippen molar-refractivity contribution in [3.05, 3.63) is 60.2 Å². The van der Waals surface area contributed by atoms with Gasteiger partial charge in [0.25, 0.3) is 5.91 Å². The van der Waals surface area contributed by atoms with Crippen LogP contribution in [0.4, 0.5) is 4.39 Å². The molecular weight excluding hydrogens is 223 g/mol. The summed E-state index contributed by atoms with van der Waals surface area (Å²) in [5.41, 5.74) is 2.62. The quantitative estimate of drug-likeness (QED) is 0.823. The molecule has 0 unspecified atom stereocenters. The predicted molar refractivity (Wildman–Crippen MR) is 58.7 cm³/mol. The molecule has 0 aliphatic rings. The molecule has 86 valence electrons. The lowest BCUT2D eigenvalue weighted by molar-refractivity contribution is 0.0759. The lowest BCUT2D eigenvalue weighted by atomic mass is 10.3. The molecule has 1 aromatic carbocycles. The molecule has 4 nitrogen and oxygen atoms in total. The highest BCUT2D eigenvalue weighted by Crippen LogP contribution is 2.09. The van der Waals surface area contributed by atoms with E-state index >= 15 is 0 Å². The van der Waals surface area contributed by atoms with Crippen molar-refractivity contribution in [2.45, 2.75) is 0 Å². The third-order valence-electron chi connectivity index (χ3n) is 2.00. The Labute approximate surface area is 97.0 Å². The van der Waals surface area contributed by atoms with Crippen LogP contribution in [-0.2, 0) is 0 Å². The molecule has 1 N–H and O–H groups in total. The van der Waals surface area contributed by atoms with E-state index in [0.29, 0.717) is 11.3 Å². The van der Waals surface area contributed by atoms with Crippen molar-refractivity contribution < 1.29 is 14.0 Å². The van der Waals surface area contributed by atoms with E-state index in [2.05, 4.69) is 10.5 Å². The third-order valence-corrected chi connectivity index (χ3v) is 2.00. The summed E-state index contributed by atoms with van der Waals surface area (Å²) < 4.78 is 12.6. The van der Waals surface area contributed by atoms with Gasteiger partial charge >= 0.3 is 0 Å². The van der Waals surface area contributed by atoms with Crippen LogP contribution in [0.5, 0.6) is 5.75 Å². The van der Waals surface area contributed by atoms with Crippen LogP contribution in [0.2, 0.25) is 0 Å². The van der Waals surface area contributed by atoms with Crippen molar-refractivity contribution in [2.24, 2.45) is 0 Å². The summed E-state index contributed by atoms with van der Waals surface area (Å²) in [4.78, 5) is 20.3. The first-order valence-electron chi connectivity index (χ1n) is 4.88. The molecule has 17 heavy (non-hydrogen) atoms. The largest absolute Gasteiger partial charge is 0.379 e. The fourth-order valence-electron chi connectivity index (χ4n) is 1.16. The Morgan fingerprint density at radius 2 is 2.00 bits per heavy atom. The van der Waals surface area contributed by atoms with Crippen LogP contribution in [0.15, 0.2) is 48.8 Å². The van der Waals surface area contributed by atoms with Crippen molar-refractivity contribution in [2.75, 3.05) is 0 Å². The van der Waals surface area contributed by atoms with Crippen molar-refractivity contribution >= 4 is 5.91 Å². The summed E-state index contributed by atoms with van der Waals surface area (Å²) >= 11 is 0. The standard InChI is InChI=1S/C12H9FN2O2/c13-10-3-5-11(6-4-10)17-15-12(16)9-2-1-7-14-8-9/h1-8H,(H,15,16). The van der Waals surface area contributed by atoms with Crippen LogP contribution in [0.1, 0.15) is 10.4 Å². The Bertz CT molecular complexity index is 500. The molecule has 0 atom stereocenters. The maximum Gasteiger partial charge on any atom is 0.285 e. The third kappa shape index (κ3) is 3.01. The molecule has 2 rings (SSSR count). The topological polar surface area (TPSA) is 51.2 Å². The van der Waals surface area contributed by atoms with Crippen LogP contribution < -0.4 is 10.3 Å². The van der Waals surface area contributed by atoms with E-state index in [9.17, 15) is 9.18 Å². The summed E-state index contributed by atoms with van der Waals surface area (Å²) in [5, 5.41) is 0. The lowest BCUT2D eigenvalue weighted by Gasteiger charge is -2.06. The van der Waals surface area contributed by atoms with Gasteiger partial charge in [-0.15, -0.1) is 0 Å². The zero-order valence-electron chi connectivity index (χ0n) is 8.76. The number of carbonyl (C=O) groups is 1. The SMILES string of the molecule is O=C(NOc1ccc(F)cc1)c1cccnc1. The number of hydroxylamine groups is 1. The summed E-state index contributed by atoms with van der Waals surface area (Å²) in [6, 6.07) is 8.57. The lowest BCUT2D eigenvalue weighted by Crippen LogP contribution is -2.26. The number of carbonyl (C=O) groups excluding carboxylic acids is 1. The predicted octanol–water partition coefficient (Wildman–Crippen LogP) is 1.94. The van der Waals surface area contributed by atoms with Gasteiger partial charge in [-0.05, 0) is 36.4 Å². The molecule has 1 heterocycles. The highest BCUT2D eigenvalue weighted by molar-refractivity contribution is 5.93. The number of halogens is 1. The second-order valence-corrected chi connectivity index (χ2v) is 3.23. The van der Waals surface area contributed by atoms with Gasteiger partial charge in [-0.2, -0.15) is 5.48 Å². The Kier molecular flexibility index (Phi) is 3.30. The van der Waals surface area contributed by atoms with Crippen molar-refractivity contribution in [1.82, 2.24) is 10.5 Å². The molecule has 1 amide bonds. The number of benzene rings is 1. The molecule has 0 radical (unpaired) electrons. The molecule has 5 heteroatoms. The molecular formula is C12H9FN2O2. The summed E-state index contributed by atoms with van der Waals surface area (Å²) in [6.45, 7) is 0. The second kappa shape index (κ2) is 5.07. The Morgan fingerprint density at radius 1 is 1.24 bits per heavy atom. The number of hydrogen-bond donors (Lipinski definition) is 1. The molecule has 0 saturated heterocycles. The zero-order chi connectivity index (χ0) is 12.1. The summed E-state index contributed by atoms with van der Waals surface area (Å²) in [5.74, 6) is -0.429. The van der Waals surface area contributed by atoms with Crippen LogP contribution in [0.25, 0.3) is 0 Å². The van der Waals surface area contributed by atoms with E-state index in [1.807, 2.05) is 0 Å². The monoisotopic (exact) mass is 232 g/mol. The van der Waals surface area contributed by atoms with Gasteiger partial charge < -0.3 is 4.84 Å². The molecule has 0 bridgehead atoms. The maximum atomic E-state index is 12.6. The smallest absolute Gasteiger partial charge is 0.285 e. The highest BCUT2D eigenvalue weighted by Gasteiger charge is 2.05. The maximum absolute atomic E-state index is 12.6. The van der Waals surface area contributed by atoms with Gasteiger partial charge in [0.1, 0.15) is 5.82 Å². The van der Waals surface area contributed by atoms with E-state index in [1.165, 1.54) is 30.5 Å². The van der Waals surface area contributed by atoms with Crippen LogP contribution in [-0.4, -0.2) is 10.9 Å². The highest BCUT2D eigenvalue weighted by atomic mass is 19.1. The van der Waals surface area contributed by atoms with Crippen molar-refractivity contribution in [1.29, 1.82) is 0 Å². The number of aromatic nitrogens is 1. The van der Waals surface area contributed by atoms with Crippen LogP contribution in [0, 0.1) is 5.82 Å². The average Bonchev–Trinajstić information content (AvgIpc) is 2.39. The number of hydrogen-bond acceptors (Lipinski definition) is 3. The van der Waals surface area contributed by atoms with E-state index in [-0.39, 0.29) is 5.82 Å². The summed E-state index contributed by atoms with van der Waals surface area (Å²) in [7, 11) is 0. The van der Waals surface area contributed by atoms with E-state index < -0.39 is 5.91 Å². The normalized spacial score (nSPS) is 9.71. The number of amides is 1. The Balaban J connectivity index is 1.95. The molecule has 0 aliphatic carbocycles. The minimum absolute atomic E-state index is 0.351. The molecule has 1 aromatic heterocycles. The molecule has 0 aliphatic heterocycles. The fraction of sp³-hybridized carbons (Fsp3) is 0. The fourth-order valence-corrected chi connectivity index (χ4v) is 1.16. The van der Waals surface area contributed by atoms with Gasteiger partial charge in [0, 0.05) is 12.4 Å². The minimum Gasteiger partial charge on any atom is -0.379 e. The number of rotatable bonds is 3. The van der Waals surface area contributed by atoms with E-state index in [0.717, 1.165) is 0 Å². The molecule has 2 aromatic rings. The van der Waals surface area contributed by atoms with Gasteiger partial charge in [0.15, 0.2) is 5.75 Å². The Hall–Kier alpha value is -2.43. The second-order valence-electron chi connectivity index (χ2n) is 3.23. The Morgan fingerprint density at radius 3 is 2.65 bits per heavy atom. The molecule has 0 spiro atoms. The first kappa shape index (κ1) is 11.1. The number of nitrogens with one attached hydrogen (secondary N) is 1. The zero-order valence-corrected chi connectivity index (χ0v) is 8.76. The van der Waals surface area contributed by atoms with E-state index in [1.54, 1.807) is 18.3 Å². The van der Waals surface area contributed by atoms with Crippen molar-refractivity contribution in [3.63, 3.8) is 0 Å². The first-order valence-corrected chi connectivity index (χ1v) is 4.88. The van der Waals surface area contributed by atoms with Crippen LogP contribution in [0.3, 0.4) is 0 Å². The summed E-state index contributed by atoms with van der Waals surface area (Å²) in [6.07, 6.45) is 2.99. The molecule has 0 saturated carbocycles. The van der Waals surface area contributed by atoms with Gasteiger partial charge in [-0.1, -0.05) is 0 Å². The van der Waals surface area contributed by atoms with Gasteiger partial charge in [-0.25, -0.2) is 4.39 Å². The van der Waals surface area contributed by atoms with Crippen molar-refractivity contribution in [3.8, 4) is 5.75 Å². The van der Waals surface area contributed by atoms with Gasteiger partial charge in [0.2, 0.25) is 0 Å². The number of nitrogens with zero attached hydrogens (tertiary/aromatic N) is 1. The average molecular weight is 232 g/mol. The minimum atomic E-state index is -0.414. The number of pyridine rings is 1. The molecule has 0 fully saturated rings. The van der Waals surface area contributed by atoms with Gasteiger partial charge in [-0.3, -0.25) is 9.78 Å². The first-order chi connectivity index (χ1) is 8.25. The van der Waals surface area contributed by atoms with E-state index in [4.69, 9.17) is 4.84 Å². The van der Waals surface area contributed by atoms with Gasteiger partial charge in [0.05, 0.1) is 5.56 Å².